The molecule has 0 amide bonds. The minimum Gasteiger partial charge on any atom is -0.282 e. The van der Waals surface area contributed by atoms with Gasteiger partial charge in [-0.3, -0.25) is 14.3 Å². The number of benzene rings is 3. The van der Waals surface area contributed by atoms with Crippen LogP contribution in [0.3, 0.4) is 0 Å². The van der Waals surface area contributed by atoms with Crippen molar-refractivity contribution in [1.82, 2.24) is 9.55 Å². The molecule has 0 unspecified atom stereocenters. The second-order valence-corrected chi connectivity index (χ2v) is 6.29. The first-order valence-electron chi connectivity index (χ1n) is 8.72. The van der Waals surface area contributed by atoms with Gasteiger partial charge < -0.3 is 0 Å². The number of hydrogen-bond donors (Lipinski definition) is 1. The fourth-order valence-electron chi connectivity index (χ4n) is 3.64. The summed E-state index contributed by atoms with van der Waals surface area (Å²) in [5.74, 6) is 0. The van der Waals surface area contributed by atoms with Crippen LogP contribution in [-0.4, -0.2) is 9.55 Å². The highest BCUT2D eigenvalue weighted by Crippen LogP contribution is 2.39. The van der Waals surface area contributed by atoms with E-state index in [9.17, 15) is 9.59 Å². The number of aromatic nitrogens is 2. The van der Waals surface area contributed by atoms with Crippen molar-refractivity contribution < 1.29 is 0 Å². The van der Waals surface area contributed by atoms with Crippen LogP contribution in [0.15, 0.2) is 113 Å². The maximum absolute atomic E-state index is 12.9. The molecule has 1 heterocycles. The van der Waals surface area contributed by atoms with E-state index in [4.69, 9.17) is 0 Å². The second-order valence-electron chi connectivity index (χ2n) is 6.29. The van der Waals surface area contributed by atoms with Crippen molar-refractivity contribution in [2.75, 3.05) is 0 Å². The molecule has 0 radical (unpaired) electrons. The van der Waals surface area contributed by atoms with Crippen LogP contribution < -0.4 is 11.2 Å². The Labute approximate surface area is 156 Å². The van der Waals surface area contributed by atoms with Crippen LogP contribution in [-0.2, 0) is 5.54 Å². The zero-order valence-corrected chi connectivity index (χ0v) is 14.6. The summed E-state index contributed by atoms with van der Waals surface area (Å²) in [4.78, 5) is 27.0. The lowest BCUT2D eigenvalue weighted by Gasteiger charge is -2.37. The van der Waals surface area contributed by atoms with Crippen molar-refractivity contribution >= 4 is 0 Å². The van der Waals surface area contributed by atoms with Gasteiger partial charge in [0.25, 0.3) is 5.56 Å². The van der Waals surface area contributed by atoms with Gasteiger partial charge in [-0.15, -0.1) is 0 Å². The zero-order valence-electron chi connectivity index (χ0n) is 14.6. The van der Waals surface area contributed by atoms with E-state index in [1.54, 1.807) is 10.8 Å². The minimum absolute atomic E-state index is 0.417. The van der Waals surface area contributed by atoms with E-state index in [1.807, 2.05) is 91.0 Å². The Hall–Kier alpha value is -3.66. The topological polar surface area (TPSA) is 54.9 Å². The first kappa shape index (κ1) is 16.8. The highest BCUT2D eigenvalue weighted by molar-refractivity contribution is 5.50. The predicted molar refractivity (Wildman–Crippen MR) is 106 cm³/mol. The third-order valence-electron chi connectivity index (χ3n) is 4.76. The molecule has 1 aromatic heterocycles. The maximum atomic E-state index is 12.9. The first-order chi connectivity index (χ1) is 13.2. The number of H-pyrrole nitrogens is 1. The molecule has 132 valence electrons. The quantitative estimate of drug-likeness (QED) is 0.571. The van der Waals surface area contributed by atoms with Gasteiger partial charge in [-0.05, 0) is 16.7 Å². The van der Waals surface area contributed by atoms with Gasteiger partial charge in [-0.25, -0.2) is 4.79 Å². The van der Waals surface area contributed by atoms with Crippen molar-refractivity contribution in [3.8, 4) is 0 Å². The van der Waals surface area contributed by atoms with E-state index >= 15 is 0 Å². The largest absolute Gasteiger partial charge is 0.329 e. The molecule has 0 saturated heterocycles. The smallest absolute Gasteiger partial charge is 0.282 e. The average molecular weight is 354 g/mol. The summed E-state index contributed by atoms with van der Waals surface area (Å²) in [7, 11) is 0. The Morgan fingerprint density at radius 3 is 1.37 bits per heavy atom. The van der Waals surface area contributed by atoms with E-state index in [0.717, 1.165) is 16.7 Å². The Bertz CT molecular complexity index is 1050. The van der Waals surface area contributed by atoms with Crippen LogP contribution in [0.4, 0.5) is 0 Å². The van der Waals surface area contributed by atoms with E-state index in [0.29, 0.717) is 0 Å². The normalized spacial score (nSPS) is 11.3. The Morgan fingerprint density at radius 2 is 1.00 bits per heavy atom. The summed E-state index contributed by atoms with van der Waals surface area (Å²) in [5, 5.41) is 0. The molecular formula is C23H18N2O2. The van der Waals surface area contributed by atoms with Gasteiger partial charge in [0, 0.05) is 12.3 Å². The Balaban J connectivity index is 2.20. The third kappa shape index (κ3) is 2.81. The molecule has 0 spiro atoms. The van der Waals surface area contributed by atoms with Gasteiger partial charge in [0.2, 0.25) is 0 Å². The third-order valence-corrected chi connectivity index (χ3v) is 4.76. The number of nitrogens with one attached hydrogen (secondary N) is 1. The van der Waals surface area contributed by atoms with Gasteiger partial charge in [-0.1, -0.05) is 91.0 Å². The lowest BCUT2D eigenvalue weighted by atomic mass is 9.76. The summed E-state index contributed by atoms with van der Waals surface area (Å²) in [6, 6.07) is 30.9. The van der Waals surface area contributed by atoms with E-state index in [2.05, 4.69) is 4.98 Å². The van der Waals surface area contributed by atoms with Crippen molar-refractivity contribution in [2.45, 2.75) is 5.54 Å². The van der Waals surface area contributed by atoms with Crippen LogP contribution in [0.5, 0.6) is 0 Å². The van der Waals surface area contributed by atoms with Gasteiger partial charge in [0.15, 0.2) is 0 Å². The van der Waals surface area contributed by atoms with Gasteiger partial charge in [0.1, 0.15) is 5.54 Å². The summed E-state index contributed by atoms with van der Waals surface area (Å²) in [5.41, 5.74) is 0.994. The van der Waals surface area contributed by atoms with Crippen LogP contribution in [0.25, 0.3) is 0 Å². The van der Waals surface area contributed by atoms with Crippen molar-refractivity contribution in [3.05, 3.63) is 141 Å². The molecule has 4 rings (SSSR count). The first-order valence-corrected chi connectivity index (χ1v) is 8.72. The van der Waals surface area contributed by atoms with Crippen LogP contribution in [0.1, 0.15) is 16.7 Å². The minimum atomic E-state index is -0.912. The number of nitrogens with zero attached hydrogens (tertiary/aromatic N) is 1. The van der Waals surface area contributed by atoms with E-state index in [-0.39, 0.29) is 0 Å². The second kappa shape index (κ2) is 6.92. The van der Waals surface area contributed by atoms with Crippen LogP contribution in [0, 0.1) is 0 Å². The number of rotatable bonds is 4. The molecule has 0 fully saturated rings. The fourth-order valence-corrected chi connectivity index (χ4v) is 3.64. The Kier molecular flexibility index (Phi) is 4.30. The molecule has 27 heavy (non-hydrogen) atoms. The molecule has 0 atom stereocenters. The molecule has 3 aromatic carbocycles. The number of aromatic amines is 1. The summed E-state index contributed by atoms with van der Waals surface area (Å²) >= 11 is 0. The molecule has 0 aliphatic carbocycles. The van der Waals surface area contributed by atoms with Crippen molar-refractivity contribution in [1.29, 1.82) is 0 Å². The molecule has 0 aliphatic rings. The highest BCUT2D eigenvalue weighted by Gasteiger charge is 2.39. The summed E-state index contributed by atoms with van der Waals surface area (Å²) < 4.78 is 1.59. The lowest BCUT2D eigenvalue weighted by Crippen LogP contribution is -2.46. The van der Waals surface area contributed by atoms with Crippen molar-refractivity contribution in [2.24, 2.45) is 0 Å². The molecule has 4 heteroatoms. The van der Waals surface area contributed by atoms with Crippen molar-refractivity contribution in [3.63, 3.8) is 0 Å². The molecule has 0 aliphatic heterocycles. The highest BCUT2D eigenvalue weighted by atomic mass is 16.2. The predicted octanol–water partition coefficient (Wildman–Crippen LogP) is 3.38. The molecule has 0 bridgehead atoms. The monoisotopic (exact) mass is 354 g/mol. The summed E-state index contributed by atoms with van der Waals surface area (Å²) in [6.07, 6.45) is 1.56. The molecule has 1 N–H and O–H groups in total. The standard InChI is InChI=1S/C23H18N2O2/c26-21-16-17-25(22(27)24-21)23(18-10-4-1-5-11-18,19-12-6-2-7-13-19)20-14-8-3-9-15-20/h1-17H,(H,24,26,27). The molecule has 0 saturated carbocycles. The van der Waals surface area contributed by atoms with Gasteiger partial charge in [0.05, 0.1) is 0 Å². The number of hydrogen-bond acceptors (Lipinski definition) is 2. The Morgan fingerprint density at radius 1 is 0.593 bits per heavy atom. The van der Waals surface area contributed by atoms with E-state index in [1.165, 1.54) is 6.07 Å². The van der Waals surface area contributed by atoms with Gasteiger partial charge >= 0.3 is 5.69 Å². The SMILES string of the molecule is O=c1ccn(C(c2ccccc2)(c2ccccc2)c2ccccc2)c(=O)[nH]1. The van der Waals surface area contributed by atoms with Gasteiger partial charge in [-0.2, -0.15) is 0 Å². The molecule has 4 nitrogen and oxygen atoms in total. The maximum Gasteiger partial charge on any atom is 0.329 e. The zero-order chi connectivity index (χ0) is 18.7. The van der Waals surface area contributed by atoms with E-state index < -0.39 is 16.8 Å². The lowest BCUT2D eigenvalue weighted by molar-refractivity contribution is 0.485. The molecule has 4 aromatic rings. The molecular weight excluding hydrogens is 336 g/mol. The van der Waals surface area contributed by atoms with Crippen LogP contribution >= 0.6 is 0 Å². The average Bonchev–Trinajstić information content (AvgIpc) is 2.72. The fraction of sp³-hybridized carbons (Fsp3) is 0.0435. The van der Waals surface area contributed by atoms with Crippen LogP contribution in [0.2, 0.25) is 0 Å². The summed E-state index contributed by atoms with van der Waals surface area (Å²) in [6.45, 7) is 0.